The average molecular weight is 362 g/mol. The van der Waals surface area contributed by atoms with Crippen LogP contribution < -0.4 is 5.32 Å². The SMILES string of the molecule is CC(C)(C)NC(=O)C1C=C(c2ccccc2)CC(=O)N1Cc1ccccc1. The second kappa shape index (κ2) is 7.78. The fourth-order valence-corrected chi connectivity index (χ4v) is 3.24. The number of nitrogens with one attached hydrogen (secondary N) is 1. The van der Waals surface area contributed by atoms with Gasteiger partial charge in [0.05, 0.1) is 6.42 Å². The summed E-state index contributed by atoms with van der Waals surface area (Å²) in [5.74, 6) is -0.186. The van der Waals surface area contributed by atoms with Crippen molar-refractivity contribution < 1.29 is 9.59 Å². The molecule has 0 bridgehead atoms. The van der Waals surface area contributed by atoms with Crippen molar-refractivity contribution in [1.29, 1.82) is 0 Å². The lowest BCUT2D eigenvalue weighted by Crippen LogP contribution is -2.54. The minimum atomic E-state index is -0.624. The maximum absolute atomic E-state index is 13.0. The molecule has 0 spiro atoms. The van der Waals surface area contributed by atoms with Gasteiger partial charge < -0.3 is 10.2 Å². The van der Waals surface area contributed by atoms with Gasteiger partial charge >= 0.3 is 0 Å². The number of carbonyl (C=O) groups excluding carboxylic acids is 2. The van der Waals surface area contributed by atoms with Crippen LogP contribution >= 0.6 is 0 Å². The minimum Gasteiger partial charge on any atom is -0.349 e. The highest BCUT2D eigenvalue weighted by Gasteiger charge is 2.34. The van der Waals surface area contributed by atoms with Crippen molar-refractivity contribution in [3.63, 3.8) is 0 Å². The number of hydrogen-bond donors (Lipinski definition) is 1. The summed E-state index contributed by atoms with van der Waals surface area (Å²) in [6.07, 6.45) is 2.23. The van der Waals surface area contributed by atoms with Crippen LogP contribution in [0.3, 0.4) is 0 Å². The van der Waals surface area contributed by atoms with Gasteiger partial charge in [-0.1, -0.05) is 60.7 Å². The summed E-state index contributed by atoms with van der Waals surface area (Å²) in [5.41, 5.74) is 2.53. The molecule has 0 fully saturated rings. The monoisotopic (exact) mass is 362 g/mol. The molecule has 140 valence electrons. The van der Waals surface area contributed by atoms with Crippen molar-refractivity contribution in [2.75, 3.05) is 0 Å². The van der Waals surface area contributed by atoms with Gasteiger partial charge in [-0.25, -0.2) is 0 Å². The van der Waals surface area contributed by atoms with E-state index in [-0.39, 0.29) is 17.4 Å². The molecule has 2 aromatic carbocycles. The molecule has 1 atom stereocenters. The van der Waals surface area contributed by atoms with E-state index >= 15 is 0 Å². The molecule has 27 heavy (non-hydrogen) atoms. The molecule has 0 saturated heterocycles. The molecular weight excluding hydrogens is 336 g/mol. The Morgan fingerprint density at radius 3 is 2.22 bits per heavy atom. The smallest absolute Gasteiger partial charge is 0.247 e. The van der Waals surface area contributed by atoms with Crippen LogP contribution in [0.15, 0.2) is 66.7 Å². The Kier molecular flexibility index (Phi) is 5.45. The predicted molar refractivity (Wildman–Crippen MR) is 108 cm³/mol. The summed E-state index contributed by atoms with van der Waals surface area (Å²) in [6.45, 7) is 6.25. The second-order valence-corrected chi connectivity index (χ2v) is 7.93. The van der Waals surface area contributed by atoms with Gasteiger partial charge in [-0.3, -0.25) is 9.59 Å². The summed E-state index contributed by atoms with van der Waals surface area (Å²) in [7, 11) is 0. The summed E-state index contributed by atoms with van der Waals surface area (Å²) < 4.78 is 0. The van der Waals surface area contributed by atoms with Gasteiger partial charge in [-0.2, -0.15) is 0 Å². The molecule has 3 rings (SSSR count). The van der Waals surface area contributed by atoms with E-state index in [9.17, 15) is 9.59 Å². The zero-order valence-corrected chi connectivity index (χ0v) is 16.1. The molecule has 4 nitrogen and oxygen atoms in total. The molecule has 1 aliphatic heterocycles. The largest absolute Gasteiger partial charge is 0.349 e. The highest BCUT2D eigenvalue weighted by molar-refractivity contribution is 5.98. The first-order valence-electron chi connectivity index (χ1n) is 9.25. The number of amides is 2. The molecule has 1 N–H and O–H groups in total. The van der Waals surface area contributed by atoms with E-state index < -0.39 is 6.04 Å². The average Bonchev–Trinajstić information content (AvgIpc) is 2.63. The molecule has 4 heteroatoms. The summed E-state index contributed by atoms with van der Waals surface area (Å²) >= 11 is 0. The first-order chi connectivity index (χ1) is 12.8. The van der Waals surface area contributed by atoms with Gasteiger partial charge in [-0.15, -0.1) is 0 Å². The van der Waals surface area contributed by atoms with Gasteiger partial charge in [-0.05, 0) is 43.5 Å². The van der Waals surface area contributed by atoms with Crippen LogP contribution in [-0.4, -0.2) is 28.3 Å². The van der Waals surface area contributed by atoms with E-state index in [0.29, 0.717) is 13.0 Å². The number of rotatable bonds is 4. The maximum atomic E-state index is 13.0. The van der Waals surface area contributed by atoms with E-state index in [1.807, 2.05) is 87.5 Å². The van der Waals surface area contributed by atoms with E-state index in [2.05, 4.69) is 5.32 Å². The molecule has 2 amide bonds. The quantitative estimate of drug-likeness (QED) is 0.900. The second-order valence-electron chi connectivity index (χ2n) is 7.93. The number of nitrogens with zero attached hydrogens (tertiary/aromatic N) is 1. The van der Waals surface area contributed by atoms with Crippen LogP contribution in [0, 0.1) is 0 Å². The molecule has 1 heterocycles. The van der Waals surface area contributed by atoms with Gasteiger partial charge in [0.1, 0.15) is 6.04 Å². The number of carbonyl (C=O) groups is 2. The van der Waals surface area contributed by atoms with Crippen LogP contribution in [0.5, 0.6) is 0 Å². The van der Waals surface area contributed by atoms with Crippen molar-refractivity contribution in [2.45, 2.75) is 45.3 Å². The Morgan fingerprint density at radius 2 is 1.63 bits per heavy atom. The summed E-state index contributed by atoms with van der Waals surface area (Å²) in [5, 5.41) is 3.02. The van der Waals surface area contributed by atoms with Crippen molar-refractivity contribution in [3.05, 3.63) is 77.9 Å². The first kappa shape index (κ1) is 18.9. The highest BCUT2D eigenvalue weighted by atomic mass is 16.2. The van der Waals surface area contributed by atoms with E-state index in [0.717, 1.165) is 16.7 Å². The van der Waals surface area contributed by atoms with Crippen molar-refractivity contribution in [1.82, 2.24) is 10.2 Å². The number of benzene rings is 2. The van der Waals surface area contributed by atoms with Crippen LogP contribution in [0.2, 0.25) is 0 Å². The lowest BCUT2D eigenvalue weighted by atomic mass is 9.94. The van der Waals surface area contributed by atoms with Crippen LogP contribution in [0.1, 0.15) is 38.3 Å². The third kappa shape index (κ3) is 4.85. The number of hydrogen-bond acceptors (Lipinski definition) is 2. The van der Waals surface area contributed by atoms with Crippen molar-refractivity contribution in [3.8, 4) is 0 Å². The first-order valence-corrected chi connectivity index (χ1v) is 9.25. The molecule has 0 radical (unpaired) electrons. The zero-order chi connectivity index (χ0) is 19.4. The molecule has 1 unspecified atom stereocenters. The van der Waals surface area contributed by atoms with Gasteiger partial charge in [0.2, 0.25) is 11.8 Å². The third-order valence-electron chi connectivity index (χ3n) is 4.46. The van der Waals surface area contributed by atoms with Crippen molar-refractivity contribution in [2.24, 2.45) is 0 Å². The summed E-state index contributed by atoms with van der Waals surface area (Å²) in [4.78, 5) is 27.6. The van der Waals surface area contributed by atoms with Crippen LogP contribution in [0.25, 0.3) is 5.57 Å². The molecule has 1 aliphatic rings. The fourth-order valence-electron chi connectivity index (χ4n) is 3.24. The zero-order valence-electron chi connectivity index (χ0n) is 16.1. The Balaban J connectivity index is 1.95. The molecule has 0 aromatic heterocycles. The highest BCUT2D eigenvalue weighted by Crippen LogP contribution is 2.28. The lowest BCUT2D eigenvalue weighted by Gasteiger charge is -2.35. The van der Waals surface area contributed by atoms with Gasteiger partial charge in [0.15, 0.2) is 0 Å². The fraction of sp³-hybridized carbons (Fsp3) is 0.304. The van der Waals surface area contributed by atoms with Crippen LogP contribution in [-0.2, 0) is 16.1 Å². The standard InChI is InChI=1S/C23H26N2O2/c1-23(2,3)24-22(27)20-14-19(18-12-8-5-9-13-18)15-21(26)25(20)16-17-10-6-4-7-11-17/h4-14,20H,15-16H2,1-3H3,(H,24,27). The summed E-state index contributed by atoms with van der Waals surface area (Å²) in [6, 6.07) is 18.9. The van der Waals surface area contributed by atoms with E-state index in [1.165, 1.54) is 0 Å². The van der Waals surface area contributed by atoms with Crippen LogP contribution in [0.4, 0.5) is 0 Å². The maximum Gasteiger partial charge on any atom is 0.247 e. The molecule has 0 aliphatic carbocycles. The minimum absolute atomic E-state index is 0.0331. The molecule has 2 aromatic rings. The Hall–Kier alpha value is -2.88. The van der Waals surface area contributed by atoms with E-state index in [4.69, 9.17) is 0 Å². The lowest BCUT2D eigenvalue weighted by molar-refractivity contribution is -0.140. The Morgan fingerprint density at radius 1 is 1.04 bits per heavy atom. The van der Waals surface area contributed by atoms with Crippen molar-refractivity contribution >= 4 is 17.4 Å². The normalized spacial score (nSPS) is 17.4. The third-order valence-corrected chi connectivity index (χ3v) is 4.46. The molecular formula is C23H26N2O2. The Bertz CT molecular complexity index is 836. The van der Waals surface area contributed by atoms with Gasteiger partial charge in [0.25, 0.3) is 0 Å². The Labute approximate surface area is 160 Å². The predicted octanol–water partition coefficient (Wildman–Crippen LogP) is 3.79. The topological polar surface area (TPSA) is 49.4 Å². The van der Waals surface area contributed by atoms with Gasteiger partial charge in [0, 0.05) is 12.1 Å². The van der Waals surface area contributed by atoms with E-state index in [1.54, 1.807) is 4.90 Å². The molecule has 0 saturated carbocycles.